The predicted molar refractivity (Wildman–Crippen MR) is 186 cm³/mol. The van der Waals surface area contributed by atoms with E-state index in [1.807, 2.05) is 75.6 Å². The van der Waals surface area contributed by atoms with Crippen molar-refractivity contribution in [3.8, 4) is 11.5 Å². The minimum atomic E-state index is -0.663. The maximum absolute atomic E-state index is 14.1. The highest BCUT2D eigenvalue weighted by molar-refractivity contribution is 7.98. The smallest absolute Gasteiger partial charge is 0.338 e. The van der Waals surface area contributed by atoms with Gasteiger partial charge in [-0.05, 0) is 113 Å². The Morgan fingerprint density at radius 1 is 1.00 bits per heavy atom. The SMILES string of the molecule is CCOc1cc(/C=c2\sc3n(c2=O)[C@H](c2ccc(SC)cc2)C(C(=O)OC(C)C)=C(C)N=3)ccc1OCc1c(C)cc(C)cc1C. The average Bonchev–Trinajstić information content (AvgIpc) is 3.30. The summed E-state index contributed by atoms with van der Waals surface area (Å²) in [5.74, 6) is 0.766. The Morgan fingerprint density at radius 3 is 2.33 bits per heavy atom. The molecule has 46 heavy (non-hydrogen) atoms. The standard InChI is InChI=1S/C37H40N2O5S2/c1-9-42-31-18-26(10-15-30(31)43-20-29-23(5)16-22(4)17-24(29)6)19-32-35(40)39-34(27-11-13-28(45-8)14-12-27)33(36(41)44-21(2)3)25(7)38-37(39)46-32/h10-19,21,34H,9,20H2,1-8H3/b32-19-/t34-/m1/s1. The highest BCUT2D eigenvalue weighted by Gasteiger charge is 2.33. The lowest BCUT2D eigenvalue weighted by molar-refractivity contribution is -0.143. The van der Waals surface area contributed by atoms with Crippen LogP contribution in [0.5, 0.6) is 11.5 Å². The number of allylic oxidation sites excluding steroid dienone is 1. The number of ether oxygens (including phenoxy) is 3. The highest BCUT2D eigenvalue weighted by atomic mass is 32.2. The second kappa shape index (κ2) is 14.1. The summed E-state index contributed by atoms with van der Waals surface area (Å²) >= 11 is 2.93. The van der Waals surface area contributed by atoms with Gasteiger partial charge in [-0.2, -0.15) is 0 Å². The molecule has 0 bridgehead atoms. The Bertz CT molecular complexity index is 1960. The Labute approximate surface area is 278 Å². The van der Waals surface area contributed by atoms with Gasteiger partial charge in [-0.1, -0.05) is 47.2 Å². The predicted octanol–water partition coefficient (Wildman–Crippen LogP) is 6.81. The fourth-order valence-corrected chi connectivity index (χ4v) is 7.16. The molecule has 5 rings (SSSR count). The molecule has 0 N–H and O–H groups in total. The molecule has 0 unspecified atom stereocenters. The normalized spacial score (nSPS) is 14.7. The Morgan fingerprint density at radius 2 is 1.70 bits per heavy atom. The van der Waals surface area contributed by atoms with Crippen LogP contribution >= 0.6 is 23.1 Å². The van der Waals surface area contributed by atoms with E-state index in [1.54, 1.807) is 23.3 Å². The second-order valence-electron chi connectivity index (χ2n) is 11.6. The van der Waals surface area contributed by atoms with Crippen LogP contribution in [0.4, 0.5) is 0 Å². The van der Waals surface area contributed by atoms with Crippen LogP contribution in [0.3, 0.4) is 0 Å². The van der Waals surface area contributed by atoms with E-state index in [2.05, 4.69) is 32.9 Å². The van der Waals surface area contributed by atoms with Gasteiger partial charge in [0.2, 0.25) is 0 Å². The van der Waals surface area contributed by atoms with Crippen LogP contribution in [0.15, 0.2) is 80.5 Å². The first-order valence-corrected chi connectivity index (χ1v) is 17.4. The molecular formula is C37H40N2O5S2. The monoisotopic (exact) mass is 656 g/mol. The number of carbonyl (C=O) groups is 1. The van der Waals surface area contributed by atoms with Crippen LogP contribution in [0.1, 0.15) is 67.1 Å². The van der Waals surface area contributed by atoms with Gasteiger partial charge in [0.05, 0.1) is 34.6 Å². The van der Waals surface area contributed by atoms with Crippen molar-refractivity contribution in [3.05, 3.63) is 119 Å². The topological polar surface area (TPSA) is 79.1 Å². The summed E-state index contributed by atoms with van der Waals surface area (Å²) in [5, 5.41) is 0. The minimum absolute atomic E-state index is 0.228. The van der Waals surface area contributed by atoms with Crippen molar-refractivity contribution in [1.29, 1.82) is 0 Å². The zero-order valence-electron chi connectivity index (χ0n) is 27.6. The van der Waals surface area contributed by atoms with Crippen LogP contribution < -0.4 is 24.4 Å². The van der Waals surface area contributed by atoms with Crippen molar-refractivity contribution in [2.24, 2.45) is 4.99 Å². The minimum Gasteiger partial charge on any atom is -0.490 e. The highest BCUT2D eigenvalue weighted by Crippen LogP contribution is 2.33. The Kier molecular flexibility index (Phi) is 10.2. The number of esters is 1. The summed E-state index contributed by atoms with van der Waals surface area (Å²) in [6.45, 7) is 14.5. The van der Waals surface area contributed by atoms with Crippen molar-refractivity contribution >= 4 is 35.1 Å². The summed E-state index contributed by atoms with van der Waals surface area (Å²) in [7, 11) is 0. The summed E-state index contributed by atoms with van der Waals surface area (Å²) in [4.78, 5) is 33.8. The van der Waals surface area contributed by atoms with E-state index < -0.39 is 12.0 Å². The van der Waals surface area contributed by atoms with E-state index in [9.17, 15) is 9.59 Å². The molecule has 3 aromatic carbocycles. The molecule has 1 atom stereocenters. The number of nitrogens with zero attached hydrogens (tertiary/aromatic N) is 2. The molecule has 1 aliphatic rings. The van der Waals surface area contributed by atoms with Gasteiger partial charge < -0.3 is 14.2 Å². The zero-order valence-corrected chi connectivity index (χ0v) is 29.2. The third-order valence-electron chi connectivity index (χ3n) is 7.79. The lowest BCUT2D eigenvalue weighted by Crippen LogP contribution is -2.40. The van der Waals surface area contributed by atoms with Gasteiger partial charge >= 0.3 is 5.97 Å². The molecule has 9 heteroatoms. The van der Waals surface area contributed by atoms with Gasteiger partial charge in [0, 0.05) is 4.90 Å². The first-order chi connectivity index (χ1) is 22.0. The molecule has 2 heterocycles. The lowest BCUT2D eigenvalue weighted by atomic mass is 9.96. The number of thiazole rings is 1. The molecular weight excluding hydrogens is 617 g/mol. The molecule has 0 saturated heterocycles. The van der Waals surface area contributed by atoms with Crippen molar-refractivity contribution in [2.75, 3.05) is 12.9 Å². The molecule has 1 aliphatic heterocycles. The number of fused-ring (bicyclic) bond motifs is 1. The fraction of sp³-hybridized carbons (Fsp3) is 0.324. The van der Waals surface area contributed by atoms with Crippen LogP contribution in [0.25, 0.3) is 6.08 Å². The fourth-order valence-electron chi connectivity index (χ4n) is 5.70. The third kappa shape index (κ3) is 7.00. The van der Waals surface area contributed by atoms with Crippen molar-refractivity contribution in [3.63, 3.8) is 0 Å². The van der Waals surface area contributed by atoms with Gasteiger partial charge in [0.15, 0.2) is 16.3 Å². The van der Waals surface area contributed by atoms with Crippen LogP contribution in [0.2, 0.25) is 0 Å². The number of aryl methyl sites for hydroxylation is 3. The number of carbonyl (C=O) groups excluding carboxylic acids is 1. The van der Waals surface area contributed by atoms with Gasteiger partial charge in [0.1, 0.15) is 6.61 Å². The van der Waals surface area contributed by atoms with Crippen molar-refractivity contribution < 1.29 is 19.0 Å². The number of benzene rings is 3. The van der Waals surface area contributed by atoms with E-state index in [4.69, 9.17) is 19.2 Å². The Hall–Kier alpha value is -4.08. The van der Waals surface area contributed by atoms with E-state index in [0.29, 0.717) is 45.3 Å². The van der Waals surface area contributed by atoms with Crippen LogP contribution in [-0.4, -0.2) is 29.5 Å². The summed E-state index contributed by atoms with van der Waals surface area (Å²) < 4.78 is 20.0. The number of thioether (sulfide) groups is 1. The summed E-state index contributed by atoms with van der Waals surface area (Å²) in [6, 6.07) is 17.3. The molecule has 4 aromatic rings. The van der Waals surface area contributed by atoms with Gasteiger partial charge in [-0.3, -0.25) is 9.36 Å². The maximum atomic E-state index is 14.1. The van der Waals surface area contributed by atoms with E-state index in [0.717, 1.165) is 21.6 Å². The maximum Gasteiger partial charge on any atom is 0.338 e. The first-order valence-electron chi connectivity index (χ1n) is 15.3. The van der Waals surface area contributed by atoms with E-state index in [1.165, 1.54) is 28.0 Å². The van der Waals surface area contributed by atoms with E-state index >= 15 is 0 Å². The molecule has 0 radical (unpaired) electrons. The zero-order chi connectivity index (χ0) is 33.1. The van der Waals surface area contributed by atoms with Crippen LogP contribution in [-0.2, 0) is 16.1 Å². The van der Waals surface area contributed by atoms with Gasteiger partial charge in [-0.25, -0.2) is 9.79 Å². The first kappa shape index (κ1) is 33.3. The summed E-state index contributed by atoms with van der Waals surface area (Å²) in [5.41, 5.74) is 7.05. The number of aromatic nitrogens is 1. The molecule has 0 saturated carbocycles. The van der Waals surface area contributed by atoms with E-state index in [-0.39, 0.29) is 11.7 Å². The summed E-state index contributed by atoms with van der Waals surface area (Å²) in [6.07, 6.45) is 3.53. The van der Waals surface area contributed by atoms with Crippen molar-refractivity contribution in [1.82, 2.24) is 4.57 Å². The van der Waals surface area contributed by atoms with Gasteiger partial charge in [-0.15, -0.1) is 11.8 Å². The Balaban J connectivity index is 1.55. The van der Waals surface area contributed by atoms with Crippen molar-refractivity contribution in [2.45, 2.75) is 72.1 Å². The molecule has 0 fully saturated rings. The number of hydrogen-bond donors (Lipinski definition) is 0. The van der Waals surface area contributed by atoms with Gasteiger partial charge in [0.25, 0.3) is 5.56 Å². The van der Waals surface area contributed by atoms with Crippen LogP contribution in [0, 0.1) is 20.8 Å². The average molecular weight is 657 g/mol. The molecule has 0 amide bonds. The lowest BCUT2D eigenvalue weighted by Gasteiger charge is -2.25. The molecule has 0 aliphatic carbocycles. The quantitative estimate of drug-likeness (QED) is 0.138. The largest absolute Gasteiger partial charge is 0.490 e. The molecule has 1 aromatic heterocycles. The number of rotatable bonds is 10. The molecule has 0 spiro atoms. The number of hydrogen-bond acceptors (Lipinski definition) is 8. The molecule has 7 nitrogen and oxygen atoms in total. The second-order valence-corrected chi connectivity index (χ2v) is 13.5. The molecule has 240 valence electrons. The third-order valence-corrected chi connectivity index (χ3v) is 9.52.